The number of fused-ring (bicyclic) bond motifs is 3. The minimum Gasteiger partial charge on any atom is -0.379 e. The molecule has 0 radical (unpaired) electrons. The first-order chi connectivity index (χ1) is 10.3. The van der Waals surface area contributed by atoms with E-state index in [0.29, 0.717) is 0 Å². The Morgan fingerprint density at radius 3 is 2.95 bits per heavy atom. The Hall–Kier alpha value is -1.08. The van der Waals surface area contributed by atoms with Gasteiger partial charge in [0.1, 0.15) is 5.82 Å². The number of nitrogens with zero attached hydrogens (tertiary/aromatic N) is 4. The number of rotatable bonds is 2. The van der Waals surface area contributed by atoms with Crippen LogP contribution < -0.4 is 0 Å². The van der Waals surface area contributed by atoms with E-state index < -0.39 is 0 Å². The largest absolute Gasteiger partial charge is 0.379 e. The molecule has 110 valence electrons. The Bertz CT molecular complexity index is 669. The maximum Gasteiger partial charge on any atom is 0.151 e. The van der Waals surface area contributed by atoms with E-state index in [-0.39, 0.29) is 0 Å². The number of ether oxygens (including phenoxy) is 1. The summed E-state index contributed by atoms with van der Waals surface area (Å²) in [4.78, 5) is 3.59. The molecular weight excluding hydrogens is 308 g/mol. The number of morpholine rings is 1. The molecule has 21 heavy (non-hydrogen) atoms. The first-order valence-corrected chi connectivity index (χ1v) is 8.33. The van der Waals surface area contributed by atoms with Crippen LogP contribution in [0, 0.1) is 0 Å². The molecule has 0 bridgehead atoms. The average molecular weight is 323 g/mol. The van der Waals surface area contributed by atoms with Gasteiger partial charge in [0.15, 0.2) is 5.82 Å². The minimum absolute atomic E-state index is 0.744. The predicted molar refractivity (Wildman–Crippen MR) is 82.0 cm³/mol. The average Bonchev–Trinajstić information content (AvgIpc) is 2.92. The van der Waals surface area contributed by atoms with E-state index in [1.54, 1.807) is 11.8 Å². The van der Waals surface area contributed by atoms with Gasteiger partial charge in [-0.1, -0.05) is 11.6 Å². The molecule has 4 rings (SSSR count). The summed E-state index contributed by atoms with van der Waals surface area (Å²) in [5.41, 5.74) is 1.10. The lowest BCUT2D eigenvalue weighted by atomic mass is 10.3. The highest BCUT2D eigenvalue weighted by Gasteiger charge is 2.23. The van der Waals surface area contributed by atoms with Gasteiger partial charge in [-0.05, 0) is 18.2 Å². The molecular formula is C14H15ClN4OS. The molecule has 1 aromatic carbocycles. The second-order valence-corrected chi connectivity index (χ2v) is 6.61. The highest BCUT2D eigenvalue weighted by molar-refractivity contribution is 7.98. The highest BCUT2D eigenvalue weighted by Crippen LogP contribution is 2.36. The van der Waals surface area contributed by atoms with E-state index in [0.717, 1.165) is 61.0 Å². The van der Waals surface area contributed by atoms with Crippen molar-refractivity contribution < 1.29 is 4.74 Å². The van der Waals surface area contributed by atoms with Crippen LogP contribution in [0.15, 0.2) is 23.1 Å². The van der Waals surface area contributed by atoms with Crippen LogP contribution in [-0.2, 0) is 17.0 Å². The molecule has 3 heterocycles. The Morgan fingerprint density at radius 2 is 2.10 bits per heavy atom. The molecule has 0 spiro atoms. The third-order valence-corrected chi connectivity index (χ3v) is 5.08. The monoisotopic (exact) mass is 322 g/mol. The van der Waals surface area contributed by atoms with Crippen molar-refractivity contribution in [3.05, 3.63) is 34.9 Å². The van der Waals surface area contributed by atoms with Gasteiger partial charge in [0.25, 0.3) is 0 Å². The molecule has 0 unspecified atom stereocenters. The van der Waals surface area contributed by atoms with E-state index in [9.17, 15) is 0 Å². The fourth-order valence-corrected chi connectivity index (χ4v) is 3.82. The second-order valence-electron chi connectivity index (χ2n) is 5.16. The topological polar surface area (TPSA) is 43.2 Å². The first kappa shape index (κ1) is 13.6. The van der Waals surface area contributed by atoms with Gasteiger partial charge in [-0.15, -0.1) is 22.0 Å². The Kier molecular flexibility index (Phi) is 3.62. The molecule has 1 fully saturated rings. The third-order valence-electron chi connectivity index (χ3n) is 3.78. The summed E-state index contributed by atoms with van der Waals surface area (Å²) in [5, 5.41) is 9.48. The van der Waals surface area contributed by atoms with Gasteiger partial charge in [-0.25, -0.2) is 0 Å². The van der Waals surface area contributed by atoms with Crippen molar-refractivity contribution in [2.75, 3.05) is 26.3 Å². The fourth-order valence-electron chi connectivity index (χ4n) is 2.72. The van der Waals surface area contributed by atoms with Crippen LogP contribution in [0.4, 0.5) is 0 Å². The zero-order chi connectivity index (χ0) is 14.2. The molecule has 0 saturated carbocycles. The van der Waals surface area contributed by atoms with Gasteiger partial charge in [0.05, 0.1) is 31.2 Å². The summed E-state index contributed by atoms with van der Waals surface area (Å²) in [5.74, 6) is 2.83. The standard InChI is InChI=1S/C14H15ClN4OS/c15-10-1-2-12-11(7-10)19-13(16-17-14(19)9-21-12)8-18-3-5-20-6-4-18/h1-2,7H,3-6,8-9H2. The summed E-state index contributed by atoms with van der Waals surface area (Å²) in [7, 11) is 0. The van der Waals surface area contributed by atoms with Crippen molar-refractivity contribution in [3.8, 4) is 5.69 Å². The molecule has 5 nitrogen and oxygen atoms in total. The highest BCUT2D eigenvalue weighted by atomic mass is 35.5. The molecule has 7 heteroatoms. The molecule has 0 N–H and O–H groups in total. The quantitative estimate of drug-likeness (QED) is 0.849. The number of hydrogen-bond acceptors (Lipinski definition) is 5. The predicted octanol–water partition coefficient (Wildman–Crippen LogP) is 2.36. The maximum absolute atomic E-state index is 6.16. The number of thioether (sulfide) groups is 1. The Labute approximate surface area is 132 Å². The molecule has 1 aromatic heterocycles. The lowest BCUT2D eigenvalue weighted by Gasteiger charge is -2.27. The van der Waals surface area contributed by atoms with Crippen LogP contribution in [0.5, 0.6) is 0 Å². The van der Waals surface area contributed by atoms with Gasteiger partial charge >= 0.3 is 0 Å². The van der Waals surface area contributed by atoms with Crippen LogP contribution in [0.2, 0.25) is 5.02 Å². The maximum atomic E-state index is 6.16. The SMILES string of the molecule is Clc1ccc2c(c1)-n1c(nnc1CN1CCOCC1)CS2. The molecule has 0 aliphatic carbocycles. The zero-order valence-corrected chi connectivity index (χ0v) is 13.0. The van der Waals surface area contributed by atoms with Gasteiger partial charge in [-0.3, -0.25) is 9.47 Å². The summed E-state index contributed by atoms with van der Waals surface area (Å²) >= 11 is 7.95. The van der Waals surface area contributed by atoms with Gasteiger partial charge in [-0.2, -0.15) is 0 Å². The second kappa shape index (κ2) is 5.61. The number of halogens is 1. The lowest BCUT2D eigenvalue weighted by molar-refractivity contribution is 0.0328. The normalized spacial score (nSPS) is 18.3. The number of hydrogen-bond donors (Lipinski definition) is 0. The van der Waals surface area contributed by atoms with E-state index in [1.807, 2.05) is 12.1 Å². The van der Waals surface area contributed by atoms with Crippen LogP contribution >= 0.6 is 23.4 Å². The van der Waals surface area contributed by atoms with Gasteiger partial charge in [0.2, 0.25) is 0 Å². The molecule has 0 amide bonds. The smallest absolute Gasteiger partial charge is 0.151 e. The summed E-state index contributed by atoms with van der Waals surface area (Å²) in [6.45, 7) is 4.27. The molecule has 2 aromatic rings. The fraction of sp³-hybridized carbons (Fsp3) is 0.429. The van der Waals surface area contributed by atoms with E-state index >= 15 is 0 Å². The summed E-state index contributed by atoms with van der Waals surface area (Å²) in [6, 6.07) is 6.01. The van der Waals surface area contributed by atoms with Crippen LogP contribution in [0.25, 0.3) is 5.69 Å². The lowest BCUT2D eigenvalue weighted by Crippen LogP contribution is -2.36. The van der Waals surface area contributed by atoms with Gasteiger partial charge < -0.3 is 4.74 Å². The summed E-state index contributed by atoms with van der Waals surface area (Å²) < 4.78 is 7.56. The van der Waals surface area contributed by atoms with Crippen molar-refractivity contribution in [3.63, 3.8) is 0 Å². The van der Waals surface area contributed by atoms with Crippen LogP contribution in [0.3, 0.4) is 0 Å². The molecule has 2 aliphatic heterocycles. The van der Waals surface area contributed by atoms with Crippen molar-refractivity contribution in [2.45, 2.75) is 17.2 Å². The molecule has 0 atom stereocenters. The molecule has 1 saturated heterocycles. The summed E-state index contributed by atoms with van der Waals surface area (Å²) in [6.07, 6.45) is 0. The van der Waals surface area contributed by atoms with E-state index in [1.165, 1.54) is 4.90 Å². The van der Waals surface area contributed by atoms with Crippen molar-refractivity contribution in [1.82, 2.24) is 19.7 Å². The van der Waals surface area contributed by atoms with E-state index in [2.05, 4.69) is 25.7 Å². The Morgan fingerprint density at radius 1 is 1.24 bits per heavy atom. The van der Waals surface area contributed by atoms with Gasteiger partial charge in [0, 0.05) is 23.0 Å². The van der Waals surface area contributed by atoms with Crippen molar-refractivity contribution >= 4 is 23.4 Å². The number of aromatic nitrogens is 3. The van der Waals surface area contributed by atoms with E-state index in [4.69, 9.17) is 16.3 Å². The van der Waals surface area contributed by atoms with Crippen molar-refractivity contribution in [2.24, 2.45) is 0 Å². The molecule has 2 aliphatic rings. The Balaban J connectivity index is 1.70. The number of benzene rings is 1. The first-order valence-electron chi connectivity index (χ1n) is 6.97. The third kappa shape index (κ3) is 2.57. The minimum atomic E-state index is 0.744. The van der Waals surface area contributed by atoms with Crippen LogP contribution in [-0.4, -0.2) is 46.0 Å². The van der Waals surface area contributed by atoms with Crippen LogP contribution in [0.1, 0.15) is 11.6 Å². The zero-order valence-electron chi connectivity index (χ0n) is 11.5. The van der Waals surface area contributed by atoms with Crippen molar-refractivity contribution in [1.29, 1.82) is 0 Å².